The van der Waals surface area contributed by atoms with Crippen molar-refractivity contribution >= 4 is 56.6 Å². The topological polar surface area (TPSA) is 95.6 Å². The molecule has 32 heavy (non-hydrogen) atoms. The molecule has 2 aliphatic heterocycles. The van der Waals surface area contributed by atoms with Gasteiger partial charge >= 0.3 is 0 Å². The third kappa shape index (κ3) is 4.74. The van der Waals surface area contributed by atoms with Crippen molar-refractivity contribution in [2.75, 3.05) is 23.1 Å². The molecule has 1 atom stereocenters. The van der Waals surface area contributed by atoms with Crippen LogP contribution in [0.1, 0.15) is 31.2 Å². The fourth-order valence-corrected chi connectivity index (χ4v) is 6.17. The number of hydrogen-bond donors (Lipinski definition) is 2. The Kier molecular flexibility index (Phi) is 6.69. The molecule has 1 fully saturated rings. The van der Waals surface area contributed by atoms with E-state index in [1.807, 2.05) is 0 Å². The van der Waals surface area contributed by atoms with Crippen LogP contribution in [-0.2, 0) is 19.6 Å². The van der Waals surface area contributed by atoms with Crippen LogP contribution >= 0.6 is 23.4 Å². The molecule has 2 aromatic rings. The number of anilines is 2. The van der Waals surface area contributed by atoms with Crippen LogP contribution in [0.15, 0.2) is 46.2 Å². The summed E-state index contributed by atoms with van der Waals surface area (Å²) in [5, 5.41) is 2.31. The van der Waals surface area contributed by atoms with Crippen LogP contribution in [0.3, 0.4) is 0 Å². The maximum Gasteiger partial charge on any atom is 0.261 e. The van der Waals surface area contributed by atoms with Crippen LogP contribution in [0.2, 0.25) is 5.02 Å². The highest BCUT2D eigenvalue weighted by Crippen LogP contribution is 2.38. The molecular weight excluding hydrogens is 470 g/mol. The number of halogens is 1. The molecule has 7 nitrogen and oxygen atoms in total. The molecule has 0 spiro atoms. The second-order valence-corrected chi connectivity index (χ2v) is 11.1. The molecule has 2 aromatic carbocycles. The predicted molar refractivity (Wildman–Crippen MR) is 127 cm³/mol. The molecule has 2 heterocycles. The third-order valence-corrected chi connectivity index (χ3v) is 8.69. The Bertz CT molecular complexity index is 1160. The van der Waals surface area contributed by atoms with Crippen LogP contribution in [-0.4, -0.2) is 43.5 Å². The zero-order valence-electron chi connectivity index (χ0n) is 17.6. The van der Waals surface area contributed by atoms with Crippen molar-refractivity contribution in [1.29, 1.82) is 0 Å². The van der Waals surface area contributed by atoms with Crippen molar-refractivity contribution in [3.05, 3.63) is 47.0 Å². The minimum absolute atomic E-state index is 0.00817. The Labute approximate surface area is 196 Å². The van der Waals surface area contributed by atoms with Gasteiger partial charge in [0.25, 0.3) is 10.0 Å². The number of thioether (sulfide) groups is 1. The number of hydrogen-bond acceptors (Lipinski definition) is 5. The number of benzene rings is 2. The maximum absolute atomic E-state index is 12.9. The van der Waals surface area contributed by atoms with Crippen molar-refractivity contribution in [2.24, 2.45) is 0 Å². The number of amides is 2. The second-order valence-electron chi connectivity index (χ2n) is 7.90. The average Bonchev–Trinajstić information content (AvgIpc) is 3.05. The molecule has 10 heteroatoms. The summed E-state index contributed by atoms with van der Waals surface area (Å²) in [4.78, 5) is 28.1. The smallest absolute Gasteiger partial charge is 0.261 e. The fourth-order valence-electron chi connectivity index (χ4n) is 3.80. The quantitative estimate of drug-likeness (QED) is 0.620. The highest BCUT2D eigenvalue weighted by Gasteiger charge is 2.36. The van der Waals surface area contributed by atoms with Gasteiger partial charge < -0.3 is 10.2 Å². The lowest BCUT2D eigenvalue weighted by Gasteiger charge is -2.29. The summed E-state index contributed by atoms with van der Waals surface area (Å²) in [6.45, 7) is 3.06. The molecule has 2 aliphatic rings. The molecule has 0 saturated carbocycles. The maximum atomic E-state index is 12.9. The number of sulfonamides is 1. The number of nitrogens with zero attached hydrogens (tertiary/aromatic N) is 1. The molecule has 2 N–H and O–H groups in total. The standard InChI is InChI=1S/C22H24ClN3O4S2/c1-14-16(23)7-6-8-17(14)25-32(29,30)15-9-10-19-18(13-15)24-21(27)20(31-19)22(28)26-11-4-2-3-5-12-26/h6-10,13,20,25H,2-5,11-12H2,1H3,(H,24,27)/t20-/m1/s1. The lowest BCUT2D eigenvalue weighted by Crippen LogP contribution is -2.45. The molecule has 170 valence electrons. The zero-order chi connectivity index (χ0) is 22.9. The summed E-state index contributed by atoms with van der Waals surface area (Å²) in [5.74, 6) is -0.611. The lowest BCUT2D eigenvalue weighted by molar-refractivity contribution is -0.133. The van der Waals surface area contributed by atoms with Crippen LogP contribution < -0.4 is 10.0 Å². The second kappa shape index (κ2) is 9.33. The first-order chi connectivity index (χ1) is 15.3. The number of likely N-dealkylation sites (tertiary alicyclic amines) is 1. The van der Waals surface area contributed by atoms with Gasteiger partial charge in [-0.25, -0.2) is 8.42 Å². The number of rotatable bonds is 4. The molecule has 0 radical (unpaired) electrons. The van der Waals surface area contributed by atoms with Crippen molar-refractivity contribution in [2.45, 2.75) is 47.6 Å². The van der Waals surface area contributed by atoms with Crippen LogP contribution in [0.4, 0.5) is 11.4 Å². The summed E-state index contributed by atoms with van der Waals surface area (Å²) in [6.07, 6.45) is 4.08. The molecule has 4 rings (SSSR count). The van der Waals surface area contributed by atoms with Gasteiger partial charge in [0.05, 0.1) is 16.3 Å². The molecule has 2 amide bonds. The summed E-state index contributed by atoms with van der Waals surface area (Å²) in [7, 11) is -3.90. The number of carbonyl (C=O) groups excluding carboxylic acids is 2. The summed E-state index contributed by atoms with van der Waals surface area (Å²) in [6, 6.07) is 9.49. The van der Waals surface area contributed by atoms with Crippen LogP contribution in [0, 0.1) is 6.92 Å². The number of fused-ring (bicyclic) bond motifs is 1. The van der Waals surface area contributed by atoms with Crippen molar-refractivity contribution in [3.63, 3.8) is 0 Å². The Balaban J connectivity index is 1.54. The van der Waals surface area contributed by atoms with E-state index in [-0.39, 0.29) is 10.8 Å². The van der Waals surface area contributed by atoms with Crippen molar-refractivity contribution in [1.82, 2.24) is 4.90 Å². The third-order valence-electron chi connectivity index (χ3n) is 5.66. The van der Waals surface area contributed by atoms with Crippen LogP contribution in [0.25, 0.3) is 0 Å². The Morgan fingerprint density at radius 1 is 1.16 bits per heavy atom. The van der Waals surface area contributed by atoms with E-state index >= 15 is 0 Å². The van der Waals surface area contributed by atoms with Crippen LogP contribution in [0.5, 0.6) is 0 Å². The minimum Gasteiger partial charge on any atom is -0.341 e. The Hall–Kier alpha value is -2.23. The van der Waals surface area contributed by atoms with Gasteiger partial charge in [0.15, 0.2) is 5.25 Å². The van der Waals surface area contributed by atoms with Gasteiger partial charge in [0, 0.05) is 23.0 Å². The zero-order valence-corrected chi connectivity index (χ0v) is 19.9. The van der Waals surface area contributed by atoms with E-state index in [0.29, 0.717) is 39.9 Å². The molecule has 1 saturated heterocycles. The summed E-state index contributed by atoms with van der Waals surface area (Å²) >= 11 is 7.25. The summed E-state index contributed by atoms with van der Waals surface area (Å²) < 4.78 is 28.4. The summed E-state index contributed by atoms with van der Waals surface area (Å²) in [5.41, 5.74) is 1.39. The van der Waals surface area contributed by atoms with Gasteiger partial charge in [-0.1, -0.05) is 30.5 Å². The predicted octanol–water partition coefficient (Wildman–Crippen LogP) is 4.26. The first-order valence-corrected chi connectivity index (χ1v) is 13.2. The largest absolute Gasteiger partial charge is 0.341 e. The molecule has 0 bridgehead atoms. The number of carbonyl (C=O) groups is 2. The average molecular weight is 494 g/mol. The Morgan fingerprint density at radius 3 is 2.59 bits per heavy atom. The molecule has 0 aromatic heterocycles. The lowest BCUT2D eigenvalue weighted by atomic mass is 10.2. The Morgan fingerprint density at radius 2 is 1.88 bits per heavy atom. The van der Waals surface area contributed by atoms with E-state index in [0.717, 1.165) is 25.7 Å². The van der Waals surface area contributed by atoms with E-state index in [4.69, 9.17) is 11.6 Å². The van der Waals surface area contributed by atoms with Gasteiger partial charge in [-0.3, -0.25) is 14.3 Å². The SMILES string of the molecule is Cc1c(Cl)cccc1NS(=O)(=O)c1ccc2c(c1)NC(=O)[C@H](C(=O)N1CCCCCC1)S2. The number of nitrogens with one attached hydrogen (secondary N) is 2. The van der Waals surface area contributed by atoms with E-state index in [9.17, 15) is 18.0 Å². The van der Waals surface area contributed by atoms with Gasteiger partial charge in [-0.05, 0) is 55.7 Å². The van der Waals surface area contributed by atoms with E-state index in [1.165, 1.54) is 23.9 Å². The molecular formula is C22H24ClN3O4S2. The highest BCUT2D eigenvalue weighted by atomic mass is 35.5. The normalized spacial score (nSPS) is 19.0. The van der Waals surface area contributed by atoms with E-state index in [2.05, 4.69) is 10.0 Å². The van der Waals surface area contributed by atoms with E-state index < -0.39 is 21.2 Å². The first kappa shape index (κ1) is 22.9. The van der Waals surface area contributed by atoms with Gasteiger partial charge in [-0.15, -0.1) is 11.8 Å². The van der Waals surface area contributed by atoms with Gasteiger partial charge in [0.2, 0.25) is 11.8 Å². The fraction of sp³-hybridized carbons (Fsp3) is 0.364. The minimum atomic E-state index is -3.90. The first-order valence-electron chi connectivity index (χ1n) is 10.4. The van der Waals surface area contributed by atoms with Gasteiger partial charge in [0.1, 0.15) is 0 Å². The highest BCUT2D eigenvalue weighted by molar-refractivity contribution is 8.01. The van der Waals surface area contributed by atoms with Crippen molar-refractivity contribution < 1.29 is 18.0 Å². The molecule has 0 unspecified atom stereocenters. The monoisotopic (exact) mass is 493 g/mol. The van der Waals surface area contributed by atoms with E-state index in [1.54, 1.807) is 36.1 Å². The molecule has 0 aliphatic carbocycles. The van der Waals surface area contributed by atoms with Gasteiger partial charge in [-0.2, -0.15) is 0 Å². The van der Waals surface area contributed by atoms with Crippen molar-refractivity contribution in [3.8, 4) is 0 Å².